The minimum atomic E-state index is 0.0630. The number of nitrogens with zero attached hydrogens (tertiary/aromatic N) is 1. The zero-order chi connectivity index (χ0) is 13.0. The van der Waals surface area contributed by atoms with E-state index in [1.807, 2.05) is 36.1 Å². The minimum absolute atomic E-state index is 0.0630. The molecule has 1 fully saturated rings. The number of amides is 1. The van der Waals surface area contributed by atoms with E-state index in [1.165, 1.54) is 0 Å². The number of nitrogens with one attached hydrogen (secondary N) is 1. The Kier molecular flexibility index (Phi) is 4.20. The highest BCUT2D eigenvalue weighted by Crippen LogP contribution is 2.21. The number of para-hydroxylation sites is 1. The van der Waals surface area contributed by atoms with Gasteiger partial charge in [-0.1, -0.05) is 12.1 Å². The zero-order valence-corrected chi connectivity index (χ0v) is 11.0. The van der Waals surface area contributed by atoms with Crippen LogP contribution in [0.25, 0.3) is 0 Å². The van der Waals surface area contributed by atoms with Gasteiger partial charge in [-0.3, -0.25) is 4.79 Å². The highest BCUT2D eigenvalue weighted by atomic mass is 16.5. The highest BCUT2D eigenvalue weighted by molar-refractivity contribution is 5.97. The average molecular weight is 248 g/mol. The molecule has 2 rings (SSSR count). The number of hydrogen-bond acceptors (Lipinski definition) is 3. The van der Waals surface area contributed by atoms with Crippen molar-refractivity contribution in [2.45, 2.75) is 19.9 Å². The normalized spacial score (nSPS) is 19.7. The SMILES string of the molecule is CCOc1ccccc1C(=O)N1CCNCC1C. The average Bonchev–Trinajstić information content (AvgIpc) is 2.40. The van der Waals surface area contributed by atoms with E-state index in [1.54, 1.807) is 0 Å². The van der Waals surface area contributed by atoms with Crippen molar-refractivity contribution in [1.29, 1.82) is 0 Å². The molecule has 1 atom stereocenters. The van der Waals surface area contributed by atoms with E-state index in [0.717, 1.165) is 19.6 Å². The van der Waals surface area contributed by atoms with Crippen LogP contribution in [0, 0.1) is 0 Å². The van der Waals surface area contributed by atoms with Crippen molar-refractivity contribution in [2.24, 2.45) is 0 Å². The van der Waals surface area contributed by atoms with Gasteiger partial charge in [-0.05, 0) is 26.0 Å². The van der Waals surface area contributed by atoms with Crippen molar-refractivity contribution in [3.63, 3.8) is 0 Å². The van der Waals surface area contributed by atoms with E-state index in [4.69, 9.17) is 4.74 Å². The smallest absolute Gasteiger partial charge is 0.257 e. The standard InChI is InChI=1S/C14H20N2O2/c1-3-18-13-7-5-4-6-12(13)14(17)16-9-8-15-10-11(16)2/h4-7,11,15H,3,8-10H2,1-2H3. The minimum Gasteiger partial charge on any atom is -0.493 e. The molecule has 1 aliphatic heterocycles. The monoisotopic (exact) mass is 248 g/mol. The zero-order valence-electron chi connectivity index (χ0n) is 11.0. The first-order chi connectivity index (χ1) is 8.74. The lowest BCUT2D eigenvalue weighted by molar-refractivity contribution is 0.0651. The van der Waals surface area contributed by atoms with Gasteiger partial charge in [0.05, 0.1) is 12.2 Å². The Balaban J connectivity index is 2.22. The topological polar surface area (TPSA) is 41.6 Å². The maximum atomic E-state index is 12.5. The molecule has 1 heterocycles. The molecular weight excluding hydrogens is 228 g/mol. The third-order valence-electron chi connectivity index (χ3n) is 3.18. The molecule has 0 bridgehead atoms. The van der Waals surface area contributed by atoms with Gasteiger partial charge >= 0.3 is 0 Å². The second-order valence-electron chi connectivity index (χ2n) is 4.48. The van der Waals surface area contributed by atoms with Crippen molar-refractivity contribution in [3.05, 3.63) is 29.8 Å². The molecule has 0 saturated carbocycles. The molecule has 0 radical (unpaired) electrons. The maximum absolute atomic E-state index is 12.5. The lowest BCUT2D eigenvalue weighted by Crippen LogP contribution is -2.52. The number of rotatable bonds is 3. The molecule has 18 heavy (non-hydrogen) atoms. The highest BCUT2D eigenvalue weighted by Gasteiger charge is 2.25. The second-order valence-corrected chi connectivity index (χ2v) is 4.48. The first-order valence-electron chi connectivity index (χ1n) is 6.47. The summed E-state index contributed by atoms with van der Waals surface area (Å²) in [6.07, 6.45) is 0. The Morgan fingerprint density at radius 2 is 2.28 bits per heavy atom. The van der Waals surface area contributed by atoms with Crippen LogP contribution in [0.15, 0.2) is 24.3 Å². The molecule has 1 aromatic carbocycles. The number of hydrogen-bond donors (Lipinski definition) is 1. The molecule has 0 spiro atoms. The number of carbonyl (C=O) groups excluding carboxylic acids is 1. The van der Waals surface area contributed by atoms with Crippen LogP contribution in [0.5, 0.6) is 5.75 Å². The predicted molar refractivity (Wildman–Crippen MR) is 71.0 cm³/mol. The quantitative estimate of drug-likeness (QED) is 0.881. The fourth-order valence-corrected chi connectivity index (χ4v) is 2.22. The fourth-order valence-electron chi connectivity index (χ4n) is 2.22. The van der Waals surface area contributed by atoms with Gasteiger partial charge in [0.1, 0.15) is 5.75 Å². The van der Waals surface area contributed by atoms with Gasteiger partial charge in [0.2, 0.25) is 0 Å². The summed E-state index contributed by atoms with van der Waals surface area (Å²) >= 11 is 0. The summed E-state index contributed by atoms with van der Waals surface area (Å²) in [7, 11) is 0. The largest absolute Gasteiger partial charge is 0.493 e. The van der Waals surface area contributed by atoms with Crippen LogP contribution in [-0.2, 0) is 0 Å². The van der Waals surface area contributed by atoms with Crippen molar-refractivity contribution >= 4 is 5.91 Å². The van der Waals surface area contributed by atoms with E-state index in [2.05, 4.69) is 12.2 Å². The van der Waals surface area contributed by atoms with Gasteiger partial charge in [0.15, 0.2) is 0 Å². The fraction of sp³-hybridized carbons (Fsp3) is 0.500. The van der Waals surface area contributed by atoms with E-state index < -0.39 is 0 Å². The Bertz CT molecular complexity index is 420. The van der Waals surface area contributed by atoms with Crippen LogP contribution < -0.4 is 10.1 Å². The van der Waals surface area contributed by atoms with Gasteiger partial charge < -0.3 is 15.0 Å². The third kappa shape index (κ3) is 2.64. The van der Waals surface area contributed by atoms with Crippen LogP contribution in [0.1, 0.15) is 24.2 Å². The maximum Gasteiger partial charge on any atom is 0.257 e. The lowest BCUT2D eigenvalue weighted by Gasteiger charge is -2.34. The van der Waals surface area contributed by atoms with Gasteiger partial charge in [-0.2, -0.15) is 0 Å². The summed E-state index contributed by atoms with van der Waals surface area (Å²) in [6, 6.07) is 7.68. The van der Waals surface area contributed by atoms with Crippen LogP contribution in [0.2, 0.25) is 0 Å². The van der Waals surface area contributed by atoms with Gasteiger partial charge in [-0.25, -0.2) is 0 Å². The first kappa shape index (κ1) is 12.9. The summed E-state index contributed by atoms with van der Waals surface area (Å²) in [4.78, 5) is 14.4. The lowest BCUT2D eigenvalue weighted by atomic mass is 10.1. The molecule has 1 N–H and O–H groups in total. The number of carbonyl (C=O) groups is 1. The summed E-state index contributed by atoms with van der Waals surface area (Å²) < 4.78 is 5.52. The van der Waals surface area contributed by atoms with Crippen LogP contribution in [0.4, 0.5) is 0 Å². The summed E-state index contributed by atoms with van der Waals surface area (Å²) in [5.41, 5.74) is 0.660. The van der Waals surface area contributed by atoms with E-state index in [9.17, 15) is 4.79 Å². The summed E-state index contributed by atoms with van der Waals surface area (Å²) in [5.74, 6) is 0.740. The van der Waals surface area contributed by atoms with E-state index in [-0.39, 0.29) is 11.9 Å². The molecular formula is C14H20N2O2. The molecule has 1 aliphatic rings. The number of benzene rings is 1. The first-order valence-corrected chi connectivity index (χ1v) is 6.47. The van der Waals surface area contributed by atoms with Crippen molar-refractivity contribution in [2.75, 3.05) is 26.2 Å². The molecule has 0 aromatic heterocycles. The molecule has 1 unspecified atom stereocenters. The molecule has 98 valence electrons. The Labute approximate surface area is 108 Å². The van der Waals surface area contributed by atoms with Gasteiger partial charge in [-0.15, -0.1) is 0 Å². The molecule has 1 amide bonds. The van der Waals surface area contributed by atoms with Crippen molar-refractivity contribution in [3.8, 4) is 5.75 Å². The van der Waals surface area contributed by atoms with Crippen LogP contribution >= 0.6 is 0 Å². The van der Waals surface area contributed by atoms with E-state index in [0.29, 0.717) is 17.9 Å². The summed E-state index contributed by atoms with van der Waals surface area (Å²) in [6.45, 7) is 7.01. The van der Waals surface area contributed by atoms with Crippen molar-refractivity contribution in [1.82, 2.24) is 10.2 Å². The second kappa shape index (κ2) is 5.87. The Morgan fingerprint density at radius 1 is 1.50 bits per heavy atom. The Hall–Kier alpha value is -1.55. The molecule has 1 saturated heterocycles. The number of piperazine rings is 1. The van der Waals surface area contributed by atoms with Crippen LogP contribution in [-0.4, -0.2) is 43.1 Å². The van der Waals surface area contributed by atoms with Crippen molar-refractivity contribution < 1.29 is 9.53 Å². The van der Waals surface area contributed by atoms with Gasteiger partial charge in [0, 0.05) is 25.7 Å². The van der Waals surface area contributed by atoms with Crippen LogP contribution in [0.3, 0.4) is 0 Å². The third-order valence-corrected chi connectivity index (χ3v) is 3.18. The Morgan fingerprint density at radius 3 is 3.00 bits per heavy atom. The predicted octanol–water partition coefficient (Wildman–Crippen LogP) is 1.52. The molecule has 1 aromatic rings. The van der Waals surface area contributed by atoms with Gasteiger partial charge in [0.25, 0.3) is 5.91 Å². The number of ether oxygens (including phenoxy) is 1. The van der Waals surface area contributed by atoms with E-state index >= 15 is 0 Å². The molecule has 4 heteroatoms. The molecule has 4 nitrogen and oxygen atoms in total. The molecule has 0 aliphatic carbocycles. The summed E-state index contributed by atoms with van der Waals surface area (Å²) in [5, 5.41) is 3.29.